The Morgan fingerprint density at radius 2 is 2.00 bits per heavy atom. The standard InChI is InChI=1S/C8H5IO/c9-7-5-10-8-4-2-1-3-6(7)8/h1-5H. The molecule has 1 nitrogen and oxygen atoms in total. The van der Waals surface area contributed by atoms with Crippen LogP contribution in [0.25, 0.3) is 11.0 Å². The second-order valence-corrected chi connectivity index (χ2v) is 3.24. The summed E-state index contributed by atoms with van der Waals surface area (Å²) in [5.74, 6) is 0. The Hall–Kier alpha value is -0.510. The first-order chi connectivity index (χ1) is 4.88. The van der Waals surface area contributed by atoms with Crippen molar-refractivity contribution in [3.8, 4) is 0 Å². The van der Waals surface area contributed by atoms with Crippen LogP contribution in [0.5, 0.6) is 0 Å². The van der Waals surface area contributed by atoms with Gasteiger partial charge in [-0.15, -0.1) is 0 Å². The summed E-state index contributed by atoms with van der Waals surface area (Å²) in [7, 11) is 0. The fourth-order valence-corrected chi connectivity index (χ4v) is 1.52. The van der Waals surface area contributed by atoms with Crippen molar-refractivity contribution in [1.29, 1.82) is 0 Å². The lowest BCUT2D eigenvalue weighted by Crippen LogP contribution is -1.63. The molecule has 2 aromatic rings. The third-order valence-electron chi connectivity index (χ3n) is 1.43. The van der Waals surface area contributed by atoms with E-state index in [-0.39, 0.29) is 0 Å². The normalized spacial score (nSPS) is 10.5. The molecule has 0 saturated carbocycles. The predicted octanol–water partition coefficient (Wildman–Crippen LogP) is 3.04. The van der Waals surface area contributed by atoms with Gasteiger partial charge < -0.3 is 4.42 Å². The minimum Gasteiger partial charge on any atom is -0.463 e. The first kappa shape index (κ1) is 6.22. The van der Waals surface area contributed by atoms with Gasteiger partial charge in [0.2, 0.25) is 0 Å². The number of fused-ring (bicyclic) bond motifs is 1. The summed E-state index contributed by atoms with van der Waals surface area (Å²) in [6.07, 6.45) is 1.77. The SMILES string of the molecule is Ic1coc2ccccc12. The maximum atomic E-state index is 5.24. The average Bonchev–Trinajstić information content (AvgIpc) is 2.34. The zero-order valence-corrected chi connectivity index (χ0v) is 7.33. The Balaban J connectivity index is 2.93. The van der Waals surface area contributed by atoms with Gasteiger partial charge in [0.05, 0.1) is 3.57 Å². The van der Waals surface area contributed by atoms with E-state index < -0.39 is 0 Å². The molecule has 2 heteroatoms. The van der Waals surface area contributed by atoms with E-state index in [0.29, 0.717) is 0 Å². The molecule has 0 aliphatic rings. The van der Waals surface area contributed by atoms with Crippen LogP contribution >= 0.6 is 22.6 Å². The number of hydrogen-bond donors (Lipinski definition) is 0. The van der Waals surface area contributed by atoms with E-state index >= 15 is 0 Å². The van der Waals surface area contributed by atoms with E-state index in [1.165, 1.54) is 8.96 Å². The quantitative estimate of drug-likeness (QED) is 0.649. The third-order valence-corrected chi connectivity index (χ3v) is 2.27. The lowest BCUT2D eigenvalue weighted by Gasteiger charge is -1.83. The second kappa shape index (κ2) is 2.27. The Bertz CT molecular complexity index is 351. The van der Waals surface area contributed by atoms with Crippen LogP contribution in [-0.2, 0) is 0 Å². The first-order valence-electron chi connectivity index (χ1n) is 2.99. The highest BCUT2D eigenvalue weighted by Crippen LogP contribution is 2.21. The molecule has 0 aliphatic carbocycles. The zero-order valence-electron chi connectivity index (χ0n) is 5.17. The summed E-state index contributed by atoms with van der Waals surface area (Å²) in [4.78, 5) is 0. The number of benzene rings is 1. The van der Waals surface area contributed by atoms with Gasteiger partial charge in [0.15, 0.2) is 0 Å². The molecule has 10 heavy (non-hydrogen) atoms. The van der Waals surface area contributed by atoms with Crippen LogP contribution in [0.15, 0.2) is 34.9 Å². The van der Waals surface area contributed by atoms with Gasteiger partial charge in [-0.05, 0) is 28.7 Å². The molecular formula is C8H5IO. The average molecular weight is 244 g/mol. The van der Waals surface area contributed by atoms with Crippen LogP contribution in [0.3, 0.4) is 0 Å². The summed E-state index contributed by atoms with van der Waals surface area (Å²) in [6.45, 7) is 0. The lowest BCUT2D eigenvalue weighted by molar-refractivity contribution is 0.613. The number of hydrogen-bond acceptors (Lipinski definition) is 1. The highest BCUT2D eigenvalue weighted by Gasteiger charge is 1.98. The highest BCUT2D eigenvalue weighted by atomic mass is 127. The second-order valence-electron chi connectivity index (χ2n) is 2.08. The van der Waals surface area contributed by atoms with Crippen molar-refractivity contribution < 1.29 is 4.42 Å². The molecule has 0 saturated heterocycles. The summed E-state index contributed by atoms with van der Waals surface area (Å²) in [5.41, 5.74) is 0.965. The van der Waals surface area contributed by atoms with Crippen molar-refractivity contribution >= 4 is 33.6 Å². The minimum atomic E-state index is 0.965. The minimum absolute atomic E-state index is 0.965. The summed E-state index contributed by atoms with van der Waals surface area (Å²) in [6, 6.07) is 8.01. The molecule has 0 fully saturated rings. The highest BCUT2D eigenvalue weighted by molar-refractivity contribution is 14.1. The molecule has 0 spiro atoms. The number of rotatable bonds is 0. The predicted molar refractivity (Wildman–Crippen MR) is 48.9 cm³/mol. The van der Waals surface area contributed by atoms with Gasteiger partial charge in [-0.3, -0.25) is 0 Å². The van der Waals surface area contributed by atoms with Gasteiger partial charge in [0.1, 0.15) is 11.8 Å². The molecule has 1 heterocycles. The molecule has 0 amide bonds. The Morgan fingerprint density at radius 3 is 2.80 bits per heavy atom. The molecule has 0 aliphatic heterocycles. The van der Waals surface area contributed by atoms with Gasteiger partial charge in [0, 0.05) is 5.39 Å². The van der Waals surface area contributed by atoms with E-state index in [4.69, 9.17) is 4.42 Å². The van der Waals surface area contributed by atoms with E-state index in [1.54, 1.807) is 6.26 Å². The van der Waals surface area contributed by atoms with Crippen molar-refractivity contribution in [2.75, 3.05) is 0 Å². The summed E-state index contributed by atoms with van der Waals surface area (Å²) in [5, 5.41) is 1.20. The maximum Gasteiger partial charge on any atom is 0.134 e. The first-order valence-corrected chi connectivity index (χ1v) is 4.07. The maximum absolute atomic E-state index is 5.24. The molecule has 0 atom stereocenters. The Kier molecular flexibility index (Phi) is 1.41. The van der Waals surface area contributed by atoms with E-state index in [9.17, 15) is 0 Å². The van der Waals surface area contributed by atoms with Crippen LogP contribution in [-0.4, -0.2) is 0 Å². The number of para-hydroxylation sites is 1. The van der Waals surface area contributed by atoms with Crippen LogP contribution < -0.4 is 0 Å². The van der Waals surface area contributed by atoms with E-state index in [0.717, 1.165) is 5.58 Å². The molecule has 0 N–H and O–H groups in total. The van der Waals surface area contributed by atoms with Crippen molar-refractivity contribution in [1.82, 2.24) is 0 Å². The van der Waals surface area contributed by atoms with Crippen molar-refractivity contribution in [3.63, 3.8) is 0 Å². The fourth-order valence-electron chi connectivity index (χ4n) is 0.945. The van der Waals surface area contributed by atoms with Crippen molar-refractivity contribution in [3.05, 3.63) is 34.1 Å². The number of halogens is 1. The Labute approximate surface area is 72.2 Å². The molecule has 50 valence electrons. The number of furan rings is 1. The third kappa shape index (κ3) is 0.831. The van der Waals surface area contributed by atoms with Crippen molar-refractivity contribution in [2.24, 2.45) is 0 Å². The molecule has 0 radical (unpaired) electrons. The lowest BCUT2D eigenvalue weighted by atomic mass is 10.3. The summed E-state index contributed by atoms with van der Waals surface area (Å²) >= 11 is 2.26. The molecule has 0 bridgehead atoms. The van der Waals surface area contributed by atoms with Gasteiger partial charge in [-0.2, -0.15) is 0 Å². The van der Waals surface area contributed by atoms with Crippen LogP contribution in [0.4, 0.5) is 0 Å². The topological polar surface area (TPSA) is 13.1 Å². The van der Waals surface area contributed by atoms with Gasteiger partial charge in [-0.1, -0.05) is 18.2 Å². The smallest absolute Gasteiger partial charge is 0.134 e. The zero-order chi connectivity index (χ0) is 6.97. The monoisotopic (exact) mass is 244 g/mol. The van der Waals surface area contributed by atoms with Crippen LogP contribution in [0.2, 0.25) is 0 Å². The summed E-state index contributed by atoms with van der Waals surface area (Å²) < 4.78 is 6.42. The largest absolute Gasteiger partial charge is 0.463 e. The molecule has 0 unspecified atom stereocenters. The Morgan fingerprint density at radius 1 is 1.20 bits per heavy atom. The van der Waals surface area contributed by atoms with Gasteiger partial charge in [0.25, 0.3) is 0 Å². The molecule has 1 aromatic heterocycles. The molecular weight excluding hydrogens is 239 g/mol. The fraction of sp³-hybridized carbons (Fsp3) is 0. The van der Waals surface area contributed by atoms with Crippen LogP contribution in [0.1, 0.15) is 0 Å². The van der Waals surface area contributed by atoms with Crippen molar-refractivity contribution in [2.45, 2.75) is 0 Å². The molecule has 1 aromatic carbocycles. The van der Waals surface area contributed by atoms with E-state index in [1.807, 2.05) is 18.2 Å². The van der Waals surface area contributed by atoms with Gasteiger partial charge >= 0.3 is 0 Å². The molecule has 2 rings (SSSR count). The van der Waals surface area contributed by atoms with Gasteiger partial charge in [-0.25, -0.2) is 0 Å². The van der Waals surface area contributed by atoms with Crippen LogP contribution in [0, 0.1) is 3.57 Å². The van der Waals surface area contributed by atoms with E-state index in [2.05, 4.69) is 28.7 Å².